The Morgan fingerprint density at radius 2 is 1.94 bits per heavy atom. The minimum atomic E-state index is -1.18. The maximum absolute atomic E-state index is 13.6. The van der Waals surface area contributed by atoms with Gasteiger partial charge < -0.3 is 4.74 Å². The van der Waals surface area contributed by atoms with E-state index in [1.807, 2.05) is 0 Å². The molecule has 0 atom stereocenters. The van der Waals surface area contributed by atoms with Crippen LogP contribution in [0.15, 0.2) is 12.1 Å². The van der Waals surface area contributed by atoms with Crippen LogP contribution in [-0.2, 0) is 4.74 Å². The van der Waals surface area contributed by atoms with E-state index in [-0.39, 0.29) is 12.2 Å². The van der Waals surface area contributed by atoms with Gasteiger partial charge >= 0.3 is 5.97 Å². The molecule has 0 fully saturated rings. The Kier molecular flexibility index (Phi) is 3.71. The molecule has 16 heavy (non-hydrogen) atoms. The monoisotopic (exact) mass is 228 g/mol. The van der Waals surface area contributed by atoms with Crippen molar-refractivity contribution in [2.75, 3.05) is 6.61 Å². The van der Waals surface area contributed by atoms with Crippen molar-refractivity contribution in [2.45, 2.75) is 13.8 Å². The first-order chi connectivity index (χ1) is 7.49. The molecule has 0 saturated heterocycles. The molecule has 0 amide bonds. The standard InChI is InChI=1S/C11H10F2O3/c1-3-16-11(15)9-8(12)5-4-7(6(2)14)10(9)13/h4-5H,3H2,1-2H3. The number of hydrogen-bond donors (Lipinski definition) is 0. The summed E-state index contributed by atoms with van der Waals surface area (Å²) < 4.78 is 31.3. The number of rotatable bonds is 3. The lowest BCUT2D eigenvalue weighted by Gasteiger charge is -2.06. The number of esters is 1. The molecule has 5 heteroatoms. The van der Waals surface area contributed by atoms with Gasteiger partial charge in [-0.25, -0.2) is 13.6 Å². The van der Waals surface area contributed by atoms with Gasteiger partial charge in [-0.15, -0.1) is 0 Å². The molecule has 0 spiro atoms. The third-order valence-corrected chi connectivity index (χ3v) is 1.95. The van der Waals surface area contributed by atoms with Crippen LogP contribution in [0.5, 0.6) is 0 Å². The summed E-state index contributed by atoms with van der Waals surface area (Å²) in [6, 6.07) is 1.86. The summed E-state index contributed by atoms with van der Waals surface area (Å²) in [7, 11) is 0. The molecule has 86 valence electrons. The Balaban J connectivity index is 3.31. The zero-order valence-electron chi connectivity index (χ0n) is 8.84. The lowest BCUT2D eigenvalue weighted by atomic mass is 10.1. The van der Waals surface area contributed by atoms with Crippen LogP contribution in [0.2, 0.25) is 0 Å². The molecule has 0 N–H and O–H groups in total. The van der Waals surface area contributed by atoms with Crippen molar-refractivity contribution in [3.63, 3.8) is 0 Å². The minimum absolute atomic E-state index is 0.00200. The van der Waals surface area contributed by atoms with Crippen molar-refractivity contribution in [3.05, 3.63) is 34.9 Å². The Hall–Kier alpha value is -1.78. The molecule has 0 aliphatic heterocycles. The molecule has 1 aromatic carbocycles. The number of hydrogen-bond acceptors (Lipinski definition) is 3. The predicted octanol–water partition coefficient (Wildman–Crippen LogP) is 2.34. The highest BCUT2D eigenvalue weighted by Gasteiger charge is 2.22. The molecular formula is C11H10F2O3. The Morgan fingerprint density at radius 3 is 2.44 bits per heavy atom. The number of Topliss-reactive ketones (excluding diaryl/α,β-unsaturated/α-hetero) is 1. The zero-order chi connectivity index (χ0) is 12.3. The van der Waals surface area contributed by atoms with E-state index in [0.717, 1.165) is 19.1 Å². The molecule has 1 aromatic rings. The van der Waals surface area contributed by atoms with E-state index >= 15 is 0 Å². The first-order valence-corrected chi connectivity index (χ1v) is 4.65. The zero-order valence-corrected chi connectivity index (χ0v) is 8.84. The first-order valence-electron chi connectivity index (χ1n) is 4.65. The molecule has 0 saturated carbocycles. The second-order valence-electron chi connectivity index (χ2n) is 3.06. The first kappa shape index (κ1) is 12.3. The van der Waals surface area contributed by atoms with E-state index in [1.54, 1.807) is 0 Å². The van der Waals surface area contributed by atoms with Gasteiger partial charge in [-0.2, -0.15) is 0 Å². The summed E-state index contributed by atoms with van der Waals surface area (Å²) in [5, 5.41) is 0. The summed E-state index contributed by atoms with van der Waals surface area (Å²) in [6.07, 6.45) is 0. The van der Waals surface area contributed by atoms with Crippen molar-refractivity contribution >= 4 is 11.8 Å². The van der Waals surface area contributed by atoms with E-state index in [4.69, 9.17) is 0 Å². The SMILES string of the molecule is CCOC(=O)c1c(F)ccc(C(C)=O)c1F. The topological polar surface area (TPSA) is 43.4 Å². The highest BCUT2D eigenvalue weighted by Crippen LogP contribution is 2.18. The average molecular weight is 228 g/mol. The Morgan fingerprint density at radius 1 is 1.31 bits per heavy atom. The third kappa shape index (κ3) is 2.24. The number of benzene rings is 1. The number of ketones is 1. The summed E-state index contributed by atoms with van der Waals surface area (Å²) in [5.41, 5.74) is -1.15. The fourth-order valence-electron chi connectivity index (χ4n) is 1.21. The van der Waals surface area contributed by atoms with Crippen LogP contribution in [-0.4, -0.2) is 18.4 Å². The fourth-order valence-corrected chi connectivity index (χ4v) is 1.21. The summed E-state index contributed by atoms with van der Waals surface area (Å²) in [6.45, 7) is 2.65. The second kappa shape index (κ2) is 4.83. The summed E-state index contributed by atoms with van der Waals surface area (Å²) in [4.78, 5) is 22.2. The highest BCUT2D eigenvalue weighted by molar-refractivity contribution is 5.98. The lowest BCUT2D eigenvalue weighted by molar-refractivity contribution is 0.0515. The van der Waals surface area contributed by atoms with Gasteiger partial charge in [0, 0.05) is 0 Å². The highest BCUT2D eigenvalue weighted by atomic mass is 19.1. The van der Waals surface area contributed by atoms with Gasteiger partial charge in [0.2, 0.25) is 0 Å². The van der Waals surface area contributed by atoms with E-state index in [9.17, 15) is 18.4 Å². The van der Waals surface area contributed by atoms with Gasteiger partial charge in [-0.3, -0.25) is 4.79 Å². The quantitative estimate of drug-likeness (QED) is 0.589. The van der Waals surface area contributed by atoms with Crippen LogP contribution in [0.25, 0.3) is 0 Å². The van der Waals surface area contributed by atoms with Crippen molar-refractivity contribution in [3.8, 4) is 0 Å². The van der Waals surface area contributed by atoms with Crippen LogP contribution in [0.4, 0.5) is 8.78 Å². The van der Waals surface area contributed by atoms with Gasteiger partial charge in [0.25, 0.3) is 0 Å². The maximum Gasteiger partial charge on any atom is 0.344 e. The van der Waals surface area contributed by atoms with Crippen LogP contribution in [0.1, 0.15) is 34.6 Å². The largest absolute Gasteiger partial charge is 0.462 e. The molecule has 0 unspecified atom stereocenters. The van der Waals surface area contributed by atoms with Crippen LogP contribution in [0.3, 0.4) is 0 Å². The summed E-state index contributed by atoms with van der Waals surface area (Å²) >= 11 is 0. The Bertz CT molecular complexity index is 441. The van der Waals surface area contributed by atoms with Crippen LogP contribution >= 0.6 is 0 Å². The number of halogens is 2. The van der Waals surface area contributed by atoms with Crippen molar-refractivity contribution in [1.29, 1.82) is 0 Å². The van der Waals surface area contributed by atoms with E-state index in [0.29, 0.717) is 0 Å². The van der Waals surface area contributed by atoms with Gasteiger partial charge in [-0.05, 0) is 26.0 Å². The van der Waals surface area contributed by atoms with Crippen LogP contribution < -0.4 is 0 Å². The molecule has 0 radical (unpaired) electrons. The maximum atomic E-state index is 13.6. The Labute approximate surface area is 91.0 Å². The lowest BCUT2D eigenvalue weighted by Crippen LogP contribution is -2.13. The van der Waals surface area contributed by atoms with Crippen molar-refractivity contribution in [1.82, 2.24) is 0 Å². The predicted molar refractivity (Wildman–Crippen MR) is 52.3 cm³/mol. The molecule has 0 heterocycles. The molecule has 3 nitrogen and oxygen atoms in total. The van der Waals surface area contributed by atoms with E-state index in [2.05, 4.69) is 4.74 Å². The minimum Gasteiger partial charge on any atom is -0.462 e. The van der Waals surface area contributed by atoms with Crippen LogP contribution in [0, 0.1) is 11.6 Å². The van der Waals surface area contributed by atoms with E-state index < -0.39 is 29.0 Å². The van der Waals surface area contributed by atoms with Gasteiger partial charge in [0.05, 0.1) is 12.2 Å². The second-order valence-corrected chi connectivity index (χ2v) is 3.06. The average Bonchev–Trinajstić information content (AvgIpc) is 2.17. The third-order valence-electron chi connectivity index (χ3n) is 1.95. The van der Waals surface area contributed by atoms with Gasteiger partial charge in [0.15, 0.2) is 11.6 Å². The van der Waals surface area contributed by atoms with Crippen molar-refractivity contribution in [2.24, 2.45) is 0 Å². The normalized spacial score (nSPS) is 10.0. The van der Waals surface area contributed by atoms with Gasteiger partial charge in [-0.1, -0.05) is 0 Å². The molecule has 0 aliphatic rings. The van der Waals surface area contributed by atoms with Gasteiger partial charge in [0.1, 0.15) is 11.4 Å². The van der Waals surface area contributed by atoms with E-state index in [1.165, 1.54) is 6.92 Å². The number of carbonyl (C=O) groups excluding carboxylic acids is 2. The molecule has 0 aliphatic carbocycles. The summed E-state index contributed by atoms with van der Waals surface area (Å²) in [5.74, 6) is -3.91. The molecular weight excluding hydrogens is 218 g/mol. The van der Waals surface area contributed by atoms with Crippen molar-refractivity contribution < 1.29 is 23.1 Å². The fraction of sp³-hybridized carbons (Fsp3) is 0.273. The molecule has 0 aromatic heterocycles. The molecule has 1 rings (SSSR count). The number of carbonyl (C=O) groups is 2. The number of ether oxygens (including phenoxy) is 1. The molecule has 0 bridgehead atoms. The smallest absolute Gasteiger partial charge is 0.344 e.